The van der Waals surface area contributed by atoms with Crippen LogP contribution in [0.2, 0.25) is 0 Å². The second-order valence-corrected chi connectivity index (χ2v) is 5.88. The number of amidine groups is 1. The topological polar surface area (TPSA) is 164 Å². The van der Waals surface area contributed by atoms with Gasteiger partial charge in [-0.2, -0.15) is 5.10 Å². The number of thioether (sulfide) groups is 1. The first-order valence-corrected chi connectivity index (χ1v) is 7.55. The highest BCUT2D eigenvalue weighted by molar-refractivity contribution is 8.15. The number of non-ortho nitro benzene ring substituents is 1. The molecule has 1 aliphatic rings. The van der Waals surface area contributed by atoms with E-state index in [1.54, 1.807) is 0 Å². The molecule has 12 heteroatoms. The number of ether oxygens (including phenoxy) is 1. The molecule has 1 heterocycles. The molecule has 25 heavy (non-hydrogen) atoms. The highest BCUT2D eigenvalue weighted by atomic mass is 32.2. The number of nitro groups is 1. The third-order valence-electron chi connectivity index (χ3n) is 3.00. The lowest BCUT2D eigenvalue weighted by Gasteiger charge is -2.05. The lowest BCUT2D eigenvalue weighted by molar-refractivity contribution is -0.385. The van der Waals surface area contributed by atoms with Crippen molar-refractivity contribution in [2.24, 2.45) is 10.2 Å². The number of nitro benzene ring substituents is 1. The molecule has 0 aliphatic carbocycles. The van der Waals surface area contributed by atoms with Crippen LogP contribution in [0.3, 0.4) is 0 Å². The number of benzene rings is 1. The van der Waals surface area contributed by atoms with Crippen LogP contribution in [0.4, 0.5) is 5.69 Å². The third-order valence-corrected chi connectivity index (χ3v) is 4.07. The first kappa shape index (κ1) is 18.2. The van der Waals surface area contributed by atoms with Crippen LogP contribution in [-0.4, -0.2) is 50.8 Å². The lowest BCUT2D eigenvalue weighted by atomic mass is 10.2. The van der Waals surface area contributed by atoms with Gasteiger partial charge in [-0.1, -0.05) is 11.8 Å². The molecule has 1 aromatic rings. The number of hydrogen-bond acceptors (Lipinski definition) is 9. The Morgan fingerprint density at radius 3 is 2.88 bits per heavy atom. The van der Waals surface area contributed by atoms with Gasteiger partial charge in [-0.25, -0.2) is 0 Å². The van der Waals surface area contributed by atoms with Gasteiger partial charge in [0.1, 0.15) is 5.25 Å². The Bertz CT molecular complexity index is 793. The summed E-state index contributed by atoms with van der Waals surface area (Å²) in [4.78, 5) is 32.4. The summed E-state index contributed by atoms with van der Waals surface area (Å²) < 4.78 is 4.85. The molecule has 0 bridgehead atoms. The predicted octanol–water partition coefficient (Wildman–Crippen LogP) is 0.705. The number of carboxylic acids is 1. The van der Waals surface area contributed by atoms with Gasteiger partial charge in [0.2, 0.25) is 5.91 Å². The third kappa shape index (κ3) is 4.44. The summed E-state index contributed by atoms with van der Waals surface area (Å²) in [6, 6.07) is 2.14. The first-order chi connectivity index (χ1) is 11.8. The fraction of sp³-hybridized carbons (Fsp3) is 0.231. The number of aliphatic carboxylic acids is 1. The molecular formula is C13H12N4O7S. The summed E-state index contributed by atoms with van der Waals surface area (Å²) >= 11 is 0.901. The summed E-state index contributed by atoms with van der Waals surface area (Å²) in [5.41, 5.74) is -0.319. The van der Waals surface area contributed by atoms with Crippen LogP contribution >= 0.6 is 11.8 Å². The Labute approximate surface area is 144 Å². The number of amides is 1. The number of rotatable bonds is 6. The Morgan fingerprint density at radius 1 is 1.56 bits per heavy atom. The second kappa shape index (κ2) is 7.61. The number of nitrogens with one attached hydrogen (secondary N) is 1. The number of nitrogens with zero attached hydrogens (tertiary/aromatic N) is 3. The number of aromatic hydroxyl groups is 1. The number of carboxylic acid groups (broad SMARTS) is 1. The Kier molecular flexibility index (Phi) is 5.54. The number of hydrogen-bond donors (Lipinski definition) is 3. The van der Waals surface area contributed by atoms with E-state index < -0.39 is 22.0 Å². The van der Waals surface area contributed by atoms with Gasteiger partial charge in [0.15, 0.2) is 16.7 Å². The zero-order valence-electron chi connectivity index (χ0n) is 12.7. The largest absolute Gasteiger partial charge is 0.504 e. The maximum Gasteiger partial charge on any atom is 0.305 e. The van der Waals surface area contributed by atoms with E-state index in [2.05, 4.69) is 15.5 Å². The van der Waals surface area contributed by atoms with Gasteiger partial charge in [-0.05, 0) is 0 Å². The molecule has 0 saturated carbocycles. The van der Waals surface area contributed by atoms with Crippen molar-refractivity contribution < 1.29 is 29.5 Å². The number of carbonyl (C=O) groups excluding carboxylic acids is 1. The Balaban J connectivity index is 2.19. The van der Waals surface area contributed by atoms with E-state index in [1.807, 2.05) is 0 Å². The van der Waals surface area contributed by atoms with E-state index in [1.165, 1.54) is 7.11 Å². The molecular weight excluding hydrogens is 356 g/mol. The Hall–Kier alpha value is -3.15. The van der Waals surface area contributed by atoms with E-state index in [9.17, 15) is 24.8 Å². The van der Waals surface area contributed by atoms with Crippen molar-refractivity contribution in [3.05, 3.63) is 27.8 Å². The summed E-state index contributed by atoms with van der Waals surface area (Å²) in [5, 5.41) is 38.5. The van der Waals surface area contributed by atoms with E-state index in [-0.39, 0.29) is 34.3 Å². The second-order valence-electron chi connectivity index (χ2n) is 4.69. The monoisotopic (exact) mass is 368 g/mol. The number of phenols is 1. The van der Waals surface area contributed by atoms with Gasteiger partial charge in [0.25, 0.3) is 5.69 Å². The number of methoxy groups -OCH3 is 1. The van der Waals surface area contributed by atoms with Crippen LogP contribution in [-0.2, 0) is 9.59 Å². The minimum atomic E-state index is -1.12. The van der Waals surface area contributed by atoms with Crippen molar-refractivity contribution in [3.8, 4) is 11.5 Å². The zero-order valence-corrected chi connectivity index (χ0v) is 13.5. The van der Waals surface area contributed by atoms with Gasteiger partial charge < -0.3 is 20.3 Å². The molecule has 132 valence electrons. The van der Waals surface area contributed by atoms with Gasteiger partial charge >= 0.3 is 5.97 Å². The SMILES string of the molecule is COc1cc([N+](=O)[O-])cc(C=NN=C2NC(=O)C(CC(=O)O)S2)c1O. The molecule has 1 amide bonds. The molecule has 3 N–H and O–H groups in total. The fourth-order valence-corrected chi connectivity index (χ4v) is 2.78. The van der Waals surface area contributed by atoms with Crippen LogP contribution in [0.1, 0.15) is 12.0 Å². The van der Waals surface area contributed by atoms with Gasteiger partial charge in [-0.3, -0.25) is 19.7 Å². The molecule has 0 aromatic heterocycles. The molecule has 0 spiro atoms. The van der Waals surface area contributed by atoms with E-state index in [4.69, 9.17) is 9.84 Å². The Morgan fingerprint density at radius 2 is 2.28 bits per heavy atom. The van der Waals surface area contributed by atoms with E-state index in [0.29, 0.717) is 0 Å². The minimum Gasteiger partial charge on any atom is -0.504 e. The molecule has 0 radical (unpaired) electrons. The smallest absolute Gasteiger partial charge is 0.305 e. The maximum absolute atomic E-state index is 11.6. The van der Waals surface area contributed by atoms with Crippen molar-refractivity contribution >= 4 is 40.7 Å². The van der Waals surface area contributed by atoms with Crippen LogP contribution in [0, 0.1) is 10.1 Å². The molecule has 1 saturated heterocycles. The van der Waals surface area contributed by atoms with Crippen LogP contribution in [0.5, 0.6) is 11.5 Å². The normalized spacial score (nSPS) is 18.5. The van der Waals surface area contributed by atoms with E-state index in [0.717, 1.165) is 30.1 Å². The van der Waals surface area contributed by atoms with Crippen LogP contribution < -0.4 is 10.1 Å². The molecule has 1 aliphatic heterocycles. The van der Waals surface area contributed by atoms with Gasteiger partial charge in [0.05, 0.1) is 30.7 Å². The van der Waals surface area contributed by atoms with Crippen molar-refractivity contribution in [1.29, 1.82) is 0 Å². The molecule has 11 nitrogen and oxygen atoms in total. The first-order valence-electron chi connectivity index (χ1n) is 6.67. The summed E-state index contributed by atoms with van der Waals surface area (Å²) in [5.74, 6) is -2.08. The lowest BCUT2D eigenvalue weighted by Crippen LogP contribution is -2.26. The minimum absolute atomic E-state index is 0.00758. The average Bonchev–Trinajstić information content (AvgIpc) is 2.87. The van der Waals surface area contributed by atoms with Gasteiger partial charge in [-0.15, -0.1) is 5.10 Å². The highest BCUT2D eigenvalue weighted by Crippen LogP contribution is 2.33. The van der Waals surface area contributed by atoms with Crippen molar-refractivity contribution in [2.45, 2.75) is 11.7 Å². The summed E-state index contributed by atoms with van der Waals surface area (Å²) in [6.45, 7) is 0. The quantitative estimate of drug-likeness (QED) is 0.375. The van der Waals surface area contributed by atoms with Crippen LogP contribution in [0.25, 0.3) is 0 Å². The highest BCUT2D eigenvalue weighted by Gasteiger charge is 2.32. The fourth-order valence-electron chi connectivity index (χ4n) is 1.86. The molecule has 1 fully saturated rings. The maximum atomic E-state index is 11.6. The van der Waals surface area contributed by atoms with E-state index >= 15 is 0 Å². The number of phenolic OH excluding ortho intramolecular Hbond substituents is 1. The van der Waals surface area contributed by atoms with Crippen molar-refractivity contribution in [3.63, 3.8) is 0 Å². The molecule has 1 unspecified atom stereocenters. The van der Waals surface area contributed by atoms with Gasteiger partial charge in [0, 0.05) is 11.6 Å². The van der Waals surface area contributed by atoms with Crippen LogP contribution in [0.15, 0.2) is 22.3 Å². The summed E-state index contributed by atoms with van der Waals surface area (Å²) in [6.07, 6.45) is 0.692. The molecule has 1 aromatic carbocycles. The standard InChI is InChI=1S/C13H12N4O7S/c1-24-8-3-7(17(22)23)2-6(11(8)20)5-14-16-13-15-12(21)9(25-13)4-10(18)19/h2-3,5,9,20H,4H2,1H3,(H,18,19)(H,15,16,21). The average molecular weight is 368 g/mol. The van der Waals surface area contributed by atoms with Crippen molar-refractivity contribution in [1.82, 2.24) is 5.32 Å². The molecule has 2 rings (SSSR count). The van der Waals surface area contributed by atoms with Crippen molar-refractivity contribution in [2.75, 3.05) is 7.11 Å². The predicted molar refractivity (Wildman–Crippen MR) is 88.1 cm³/mol. The number of carbonyl (C=O) groups is 2. The zero-order chi connectivity index (χ0) is 18.6. The molecule has 1 atom stereocenters. The summed E-state index contributed by atoms with van der Waals surface area (Å²) in [7, 11) is 1.24.